The van der Waals surface area contributed by atoms with Gasteiger partial charge in [-0.2, -0.15) is 4.68 Å². The molecule has 0 fully saturated rings. The molecule has 178 valence electrons. The zero-order valence-electron chi connectivity index (χ0n) is 18.6. The third kappa shape index (κ3) is 6.93. The molecule has 10 heteroatoms. The minimum absolute atomic E-state index is 0. The summed E-state index contributed by atoms with van der Waals surface area (Å²) < 4.78 is 26.1. The topological polar surface area (TPSA) is 74.1 Å². The Kier molecular flexibility index (Phi) is 9.69. The second-order valence-corrected chi connectivity index (χ2v) is 8.20. The molecule has 0 bridgehead atoms. The summed E-state index contributed by atoms with van der Waals surface area (Å²) in [7, 11) is 1.62. The number of benzene rings is 3. The average Bonchev–Trinajstić information content (AvgIpc) is 3.33. The van der Waals surface area contributed by atoms with Crippen molar-refractivity contribution < 1.29 is 13.9 Å². The highest BCUT2D eigenvalue weighted by atomic mass is 35.5. The molecular formula is C24H25ClFN5O2S. The van der Waals surface area contributed by atoms with Crippen molar-refractivity contribution in [2.75, 3.05) is 19.4 Å². The highest BCUT2D eigenvalue weighted by Gasteiger charge is 2.09. The third-order valence-corrected chi connectivity index (χ3v) is 5.74. The first-order valence-electron chi connectivity index (χ1n) is 10.4. The van der Waals surface area contributed by atoms with E-state index in [2.05, 4.69) is 20.8 Å². The Morgan fingerprint density at radius 3 is 2.50 bits per heavy atom. The SMILES string of the molecule is COc1cc(CNCCSc2nnnn2-c2ccccc2)ccc1OCc1ccc(F)cc1.Cl. The highest BCUT2D eigenvalue weighted by Crippen LogP contribution is 2.29. The summed E-state index contributed by atoms with van der Waals surface area (Å²) in [6.07, 6.45) is 0. The summed E-state index contributed by atoms with van der Waals surface area (Å²) in [6.45, 7) is 1.82. The van der Waals surface area contributed by atoms with Crippen LogP contribution in [0.25, 0.3) is 5.69 Å². The van der Waals surface area contributed by atoms with Gasteiger partial charge in [0.15, 0.2) is 11.5 Å². The predicted molar refractivity (Wildman–Crippen MR) is 133 cm³/mol. The first kappa shape index (κ1) is 25.5. The van der Waals surface area contributed by atoms with Crippen LogP contribution in [0, 0.1) is 5.82 Å². The van der Waals surface area contributed by atoms with Crippen molar-refractivity contribution in [1.29, 1.82) is 0 Å². The molecule has 1 heterocycles. The second kappa shape index (κ2) is 12.9. The third-order valence-electron chi connectivity index (χ3n) is 4.82. The summed E-state index contributed by atoms with van der Waals surface area (Å²) in [5.74, 6) is 1.87. The number of hydrogen-bond acceptors (Lipinski definition) is 7. The van der Waals surface area contributed by atoms with Gasteiger partial charge >= 0.3 is 0 Å². The van der Waals surface area contributed by atoms with Crippen molar-refractivity contribution in [2.45, 2.75) is 18.3 Å². The molecule has 3 aromatic carbocycles. The lowest BCUT2D eigenvalue weighted by atomic mass is 10.2. The number of thioether (sulfide) groups is 1. The Bertz CT molecular complexity index is 1160. The summed E-state index contributed by atoms with van der Waals surface area (Å²) in [5, 5.41) is 16.2. The normalized spacial score (nSPS) is 10.5. The van der Waals surface area contributed by atoms with Gasteiger partial charge in [0.2, 0.25) is 5.16 Å². The number of tetrazole rings is 1. The molecule has 0 unspecified atom stereocenters. The molecule has 0 aliphatic rings. The van der Waals surface area contributed by atoms with Gasteiger partial charge < -0.3 is 14.8 Å². The van der Waals surface area contributed by atoms with Gasteiger partial charge in [0.05, 0.1) is 12.8 Å². The second-order valence-electron chi connectivity index (χ2n) is 7.13. The molecule has 34 heavy (non-hydrogen) atoms. The van der Waals surface area contributed by atoms with E-state index < -0.39 is 0 Å². The van der Waals surface area contributed by atoms with Crippen molar-refractivity contribution >= 4 is 24.2 Å². The lowest BCUT2D eigenvalue weighted by molar-refractivity contribution is 0.284. The van der Waals surface area contributed by atoms with Gasteiger partial charge in [0.1, 0.15) is 12.4 Å². The van der Waals surface area contributed by atoms with Gasteiger partial charge in [-0.15, -0.1) is 17.5 Å². The van der Waals surface area contributed by atoms with E-state index in [1.54, 1.807) is 35.7 Å². The van der Waals surface area contributed by atoms with Crippen LogP contribution in [0.1, 0.15) is 11.1 Å². The molecule has 1 aromatic heterocycles. The van der Waals surface area contributed by atoms with Crippen LogP contribution in [0.3, 0.4) is 0 Å². The van der Waals surface area contributed by atoms with Crippen LogP contribution < -0.4 is 14.8 Å². The maximum absolute atomic E-state index is 13.0. The summed E-state index contributed by atoms with van der Waals surface area (Å²) in [4.78, 5) is 0. The number of ether oxygens (including phenoxy) is 2. The van der Waals surface area contributed by atoms with Crippen LogP contribution in [0.15, 0.2) is 78.0 Å². The zero-order valence-corrected chi connectivity index (χ0v) is 20.2. The fraction of sp³-hybridized carbons (Fsp3) is 0.208. The van der Waals surface area contributed by atoms with E-state index in [9.17, 15) is 4.39 Å². The lowest BCUT2D eigenvalue weighted by Gasteiger charge is -2.13. The van der Waals surface area contributed by atoms with Gasteiger partial charge in [0, 0.05) is 18.8 Å². The van der Waals surface area contributed by atoms with Crippen molar-refractivity contribution in [3.63, 3.8) is 0 Å². The lowest BCUT2D eigenvalue weighted by Crippen LogP contribution is -2.17. The van der Waals surface area contributed by atoms with E-state index >= 15 is 0 Å². The van der Waals surface area contributed by atoms with Crippen LogP contribution in [0.5, 0.6) is 11.5 Å². The van der Waals surface area contributed by atoms with Crippen LogP contribution in [0.2, 0.25) is 0 Å². The summed E-state index contributed by atoms with van der Waals surface area (Å²) in [6, 6.07) is 21.9. The zero-order chi connectivity index (χ0) is 22.9. The molecule has 4 rings (SSSR count). The number of nitrogens with zero attached hydrogens (tertiary/aromatic N) is 4. The van der Waals surface area contributed by atoms with E-state index in [-0.39, 0.29) is 18.2 Å². The monoisotopic (exact) mass is 501 g/mol. The number of methoxy groups -OCH3 is 1. The largest absolute Gasteiger partial charge is 0.493 e. The molecule has 1 N–H and O–H groups in total. The molecule has 0 spiro atoms. The van der Waals surface area contributed by atoms with E-state index in [0.717, 1.165) is 34.3 Å². The van der Waals surface area contributed by atoms with Crippen molar-refractivity contribution in [3.8, 4) is 17.2 Å². The first-order chi connectivity index (χ1) is 16.2. The molecule has 0 atom stereocenters. The fourth-order valence-corrected chi connectivity index (χ4v) is 3.92. The average molecular weight is 502 g/mol. The van der Waals surface area contributed by atoms with Crippen molar-refractivity contribution in [3.05, 3.63) is 89.7 Å². The Morgan fingerprint density at radius 1 is 0.971 bits per heavy atom. The number of nitrogens with one attached hydrogen (secondary N) is 1. The van der Waals surface area contributed by atoms with E-state index in [1.165, 1.54) is 12.1 Å². The molecule has 0 saturated heterocycles. The van der Waals surface area contributed by atoms with Crippen molar-refractivity contribution in [1.82, 2.24) is 25.5 Å². The Morgan fingerprint density at radius 2 is 1.74 bits per heavy atom. The van der Waals surface area contributed by atoms with E-state index in [0.29, 0.717) is 24.7 Å². The van der Waals surface area contributed by atoms with Crippen molar-refractivity contribution in [2.24, 2.45) is 0 Å². The molecule has 0 saturated carbocycles. The minimum Gasteiger partial charge on any atom is -0.493 e. The number of rotatable bonds is 11. The van der Waals surface area contributed by atoms with Crippen LogP contribution in [-0.4, -0.2) is 39.6 Å². The van der Waals surface area contributed by atoms with E-state index in [1.807, 2.05) is 48.5 Å². The molecule has 0 aliphatic heterocycles. The van der Waals surface area contributed by atoms with Gasteiger partial charge in [-0.3, -0.25) is 0 Å². The number of aromatic nitrogens is 4. The van der Waals surface area contributed by atoms with Crippen LogP contribution >= 0.6 is 24.2 Å². The molecule has 0 radical (unpaired) electrons. The number of hydrogen-bond donors (Lipinski definition) is 1. The Labute approximate surface area is 208 Å². The summed E-state index contributed by atoms with van der Waals surface area (Å²) in [5.41, 5.74) is 2.91. The van der Waals surface area contributed by atoms with Crippen LogP contribution in [-0.2, 0) is 13.2 Å². The highest BCUT2D eigenvalue weighted by molar-refractivity contribution is 7.99. The number of halogens is 2. The van der Waals surface area contributed by atoms with Gasteiger partial charge in [-0.1, -0.05) is 48.2 Å². The Balaban J connectivity index is 0.00000324. The first-order valence-corrected chi connectivity index (χ1v) is 11.4. The number of para-hydroxylation sites is 1. The maximum Gasteiger partial charge on any atom is 0.214 e. The predicted octanol–water partition coefficient (Wildman–Crippen LogP) is 4.69. The quantitative estimate of drug-likeness (QED) is 0.236. The molecule has 4 aromatic rings. The van der Waals surface area contributed by atoms with E-state index in [4.69, 9.17) is 9.47 Å². The molecule has 7 nitrogen and oxygen atoms in total. The molecule has 0 aliphatic carbocycles. The summed E-state index contributed by atoms with van der Waals surface area (Å²) >= 11 is 1.60. The van der Waals surface area contributed by atoms with Crippen LogP contribution in [0.4, 0.5) is 4.39 Å². The molecular weight excluding hydrogens is 477 g/mol. The Hall–Kier alpha value is -3.14. The fourth-order valence-electron chi connectivity index (χ4n) is 3.13. The van der Waals surface area contributed by atoms with Gasteiger partial charge in [0.25, 0.3) is 0 Å². The minimum atomic E-state index is -0.263. The van der Waals surface area contributed by atoms with Gasteiger partial charge in [-0.05, 0) is 58.0 Å². The smallest absolute Gasteiger partial charge is 0.214 e. The molecule has 0 amide bonds. The maximum atomic E-state index is 13.0. The van der Waals surface area contributed by atoms with Gasteiger partial charge in [-0.25, -0.2) is 4.39 Å². The standard InChI is InChI=1S/C24H24FN5O2S.ClH/c1-31-23-15-19(9-12-22(23)32-17-18-7-10-20(25)11-8-18)16-26-13-14-33-24-27-28-29-30(24)21-5-3-2-4-6-21;/h2-12,15,26H,13-14,16-17H2,1H3;1H.